The van der Waals surface area contributed by atoms with E-state index >= 15 is 0 Å². The standard InChI is InChI=1S/C19H15O3/c20-16-10-4-1-7-13(16)19(14-8-2-5-11-17(14)21)15-9-3-6-12-18(15)22/h1-12,20-22H. The minimum atomic E-state index is 0.0870. The van der Waals surface area contributed by atoms with Crippen LogP contribution in [0.4, 0.5) is 0 Å². The van der Waals surface area contributed by atoms with E-state index in [1.54, 1.807) is 72.8 Å². The molecule has 0 fully saturated rings. The predicted molar refractivity (Wildman–Crippen MR) is 84.9 cm³/mol. The van der Waals surface area contributed by atoms with E-state index in [1.807, 2.05) is 0 Å². The van der Waals surface area contributed by atoms with Gasteiger partial charge in [-0.05, 0) is 18.2 Å². The molecule has 0 saturated carbocycles. The highest BCUT2D eigenvalue weighted by atomic mass is 16.3. The molecule has 0 spiro atoms. The molecule has 3 aromatic carbocycles. The molecule has 3 rings (SSSR count). The molecule has 1 radical (unpaired) electrons. The number of benzene rings is 3. The van der Waals surface area contributed by atoms with E-state index < -0.39 is 0 Å². The van der Waals surface area contributed by atoms with Crippen molar-refractivity contribution in [3.63, 3.8) is 0 Å². The van der Waals surface area contributed by atoms with Crippen molar-refractivity contribution < 1.29 is 15.3 Å². The first-order chi connectivity index (χ1) is 10.7. The van der Waals surface area contributed by atoms with Gasteiger partial charge >= 0.3 is 0 Å². The molecule has 0 aliphatic rings. The molecule has 0 bridgehead atoms. The van der Waals surface area contributed by atoms with Gasteiger partial charge in [0.1, 0.15) is 17.2 Å². The Balaban J connectivity index is 2.27. The predicted octanol–water partition coefficient (Wildman–Crippen LogP) is 3.82. The van der Waals surface area contributed by atoms with Crippen LogP contribution in [0.15, 0.2) is 72.8 Å². The van der Waals surface area contributed by atoms with Crippen LogP contribution in [0.2, 0.25) is 0 Å². The summed E-state index contributed by atoms with van der Waals surface area (Å²) in [6.45, 7) is 0. The number of hydrogen-bond acceptors (Lipinski definition) is 3. The molecule has 3 N–H and O–H groups in total. The maximum atomic E-state index is 10.2. The molecule has 0 unspecified atom stereocenters. The fraction of sp³-hybridized carbons (Fsp3) is 0. The van der Waals surface area contributed by atoms with Gasteiger partial charge in [-0.1, -0.05) is 54.6 Å². The Morgan fingerprint density at radius 3 is 1.00 bits per heavy atom. The monoisotopic (exact) mass is 291 g/mol. The molecule has 0 heterocycles. The zero-order chi connectivity index (χ0) is 15.5. The van der Waals surface area contributed by atoms with Gasteiger partial charge in [0.15, 0.2) is 0 Å². The number of rotatable bonds is 3. The lowest BCUT2D eigenvalue weighted by molar-refractivity contribution is 0.461. The summed E-state index contributed by atoms with van der Waals surface area (Å²) in [6.07, 6.45) is 0. The molecule has 0 aliphatic heterocycles. The fourth-order valence-corrected chi connectivity index (χ4v) is 2.49. The zero-order valence-electron chi connectivity index (χ0n) is 11.8. The van der Waals surface area contributed by atoms with Crippen LogP contribution in [0.5, 0.6) is 17.2 Å². The van der Waals surface area contributed by atoms with Gasteiger partial charge in [0.05, 0.1) is 5.92 Å². The van der Waals surface area contributed by atoms with Gasteiger partial charge in [-0.2, -0.15) is 0 Å². The summed E-state index contributed by atoms with van der Waals surface area (Å²) in [5.41, 5.74) is 1.64. The van der Waals surface area contributed by atoms with Crippen molar-refractivity contribution in [3.8, 4) is 17.2 Å². The van der Waals surface area contributed by atoms with Crippen molar-refractivity contribution in [1.29, 1.82) is 0 Å². The normalized spacial score (nSPS) is 10.8. The van der Waals surface area contributed by atoms with Crippen LogP contribution in [0.25, 0.3) is 0 Å². The highest BCUT2D eigenvalue weighted by molar-refractivity contribution is 5.66. The molecule has 0 aliphatic carbocycles. The van der Waals surface area contributed by atoms with Gasteiger partial charge in [-0.15, -0.1) is 0 Å². The lowest BCUT2D eigenvalue weighted by Crippen LogP contribution is -2.05. The van der Waals surface area contributed by atoms with Crippen LogP contribution in [0, 0.1) is 5.92 Å². The van der Waals surface area contributed by atoms with Gasteiger partial charge in [0.2, 0.25) is 0 Å². The van der Waals surface area contributed by atoms with Crippen molar-refractivity contribution in [2.24, 2.45) is 0 Å². The molecule has 109 valence electrons. The lowest BCUT2D eigenvalue weighted by Gasteiger charge is -2.20. The average molecular weight is 291 g/mol. The van der Waals surface area contributed by atoms with E-state index in [0.717, 1.165) is 0 Å². The van der Waals surface area contributed by atoms with Gasteiger partial charge in [-0.3, -0.25) is 0 Å². The second kappa shape index (κ2) is 5.82. The Morgan fingerprint density at radius 2 is 0.727 bits per heavy atom. The van der Waals surface area contributed by atoms with E-state index in [9.17, 15) is 15.3 Å². The van der Waals surface area contributed by atoms with Crippen LogP contribution in [-0.4, -0.2) is 15.3 Å². The SMILES string of the molecule is Oc1ccccc1[C](c1ccccc1O)c1ccccc1O. The van der Waals surface area contributed by atoms with Crippen LogP contribution >= 0.6 is 0 Å². The molecule has 3 nitrogen and oxygen atoms in total. The quantitative estimate of drug-likeness (QED) is 0.643. The van der Waals surface area contributed by atoms with Crippen molar-refractivity contribution in [2.75, 3.05) is 0 Å². The first kappa shape index (κ1) is 14.0. The summed E-state index contributed by atoms with van der Waals surface area (Å²) in [5, 5.41) is 30.6. The number of phenolic OH excluding ortho intramolecular Hbond substituents is 3. The Kier molecular flexibility index (Phi) is 3.71. The highest BCUT2D eigenvalue weighted by Gasteiger charge is 2.25. The first-order valence-corrected chi connectivity index (χ1v) is 6.90. The number of hydrogen-bond donors (Lipinski definition) is 3. The van der Waals surface area contributed by atoms with Crippen LogP contribution in [0.3, 0.4) is 0 Å². The Bertz CT molecular complexity index is 688. The van der Waals surface area contributed by atoms with E-state index in [2.05, 4.69) is 0 Å². The third-order valence-electron chi connectivity index (χ3n) is 3.52. The summed E-state index contributed by atoms with van der Waals surface area (Å²) in [7, 11) is 0. The van der Waals surface area contributed by atoms with Crippen molar-refractivity contribution in [1.82, 2.24) is 0 Å². The van der Waals surface area contributed by atoms with Gasteiger partial charge < -0.3 is 15.3 Å². The van der Waals surface area contributed by atoms with E-state index in [1.165, 1.54) is 0 Å². The Morgan fingerprint density at radius 1 is 0.455 bits per heavy atom. The maximum absolute atomic E-state index is 10.2. The highest BCUT2D eigenvalue weighted by Crippen LogP contribution is 2.41. The fourth-order valence-electron chi connectivity index (χ4n) is 2.49. The smallest absolute Gasteiger partial charge is 0.120 e. The largest absolute Gasteiger partial charge is 0.508 e. The molecule has 0 saturated heterocycles. The third-order valence-corrected chi connectivity index (χ3v) is 3.52. The topological polar surface area (TPSA) is 60.7 Å². The molecule has 0 amide bonds. The van der Waals surface area contributed by atoms with E-state index in [4.69, 9.17) is 0 Å². The van der Waals surface area contributed by atoms with E-state index in [-0.39, 0.29) is 17.2 Å². The number of para-hydroxylation sites is 3. The van der Waals surface area contributed by atoms with Crippen molar-refractivity contribution >= 4 is 0 Å². The summed E-state index contributed by atoms with van der Waals surface area (Å²) in [4.78, 5) is 0. The second-order valence-electron chi connectivity index (χ2n) is 4.93. The first-order valence-electron chi connectivity index (χ1n) is 6.90. The van der Waals surface area contributed by atoms with Crippen molar-refractivity contribution in [2.45, 2.75) is 0 Å². The third kappa shape index (κ3) is 2.49. The van der Waals surface area contributed by atoms with Crippen LogP contribution in [-0.2, 0) is 0 Å². The van der Waals surface area contributed by atoms with E-state index in [0.29, 0.717) is 22.6 Å². The Hall–Kier alpha value is -2.94. The summed E-state index contributed by atoms with van der Waals surface area (Å²) in [6, 6.07) is 20.6. The molecular formula is C19H15O3. The molecular weight excluding hydrogens is 276 g/mol. The number of aromatic hydroxyl groups is 3. The minimum absolute atomic E-state index is 0.0870. The summed E-state index contributed by atoms with van der Waals surface area (Å²) in [5.74, 6) is 0.839. The summed E-state index contributed by atoms with van der Waals surface area (Å²) < 4.78 is 0. The zero-order valence-corrected chi connectivity index (χ0v) is 11.8. The van der Waals surface area contributed by atoms with Gasteiger partial charge in [0, 0.05) is 16.7 Å². The Labute approximate surface area is 128 Å². The van der Waals surface area contributed by atoms with Crippen LogP contribution < -0.4 is 0 Å². The second-order valence-corrected chi connectivity index (χ2v) is 4.93. The van der Waals surface area contributed by atoms with Gasteiger partial charge in [-0.25, -0.2) is 0 Å². The molecule has 0 aromatic heterocycles. The number of phenols is 3. The maximum Gasteiger partial charge on any atom is 0.120 e. The summed E-state index contributed by atoms with van der Waals surface area (Å²) >= 11 is 0. The van der Waals surface area contributed by atoms with Crippen molar-refractivity contribution in [3.05, 3.63) is 95.4 Å². The van der Waals surface area contributed by atoms with Gasteiger partial charge in [0.25, 0.3) is 0 Å². The van der Waals surface area contributed by atoms with Crippen LogP contribution in [0.1, 0.15) is 16.7 Å². The molecule has 3 aromatic rings. The molecule has 0 atom stereocenters. The molecule has 3 heteroatoms. The minimum Gasteiger partial charge on any atom is -0.508 e. The average Bonchev–Trinajstić information content (AvgIpc) is 2.53. The lowest BCUT2D eigenvalue weighted by atomic mass is 9.83. The molecule has 22 heavy (non-hydrogen) atoms.